The van der Waals surface area contributed by atoms with Gasteiger partial charge >= 0.3 is 5.97 Å². The number of benzene rings is 1. The van der Waals surface area contributed by atoms with Crippen LogP contribution in [0.5, 0.6) is 5.75 Å². The highest BCUT2D eigenvalue weighted by molar-refractivity contribution is 6.35. The van der Waals surface area contributed by atoms with Crippen molar-refractivity contribution in [2.75, 3.05) is 0 Å². The third-order valence-electron chi connectivity index (χ3n) is 2.51. The minimum atomic E-state index is -1.06. The van der Waals surface area contributed by atoms with Gasteiger partial charge in [-0.1, -0.05) is 23.2 Å². The van der Waals surface area contributed by atoms with Crippen LogP contribution in [0.25, 0.3) is 0 Å². The smallest absolute Gasteiger partial charge is 0.339 e. The highest BCUT2D eigenvalue weighted by Gasteiger charge is 2.10. The second kappa shape index (κ2) is 6.07. The quantitative estimate of drug-likeness (QED) is 0.937. The molecular formula is C13H10Cl2N2O3. The van der Waals surface area contributed by atoms with E-state index < -0.39 is 5.97 Å². The predicted octanol–water partition coefficient (Wildman–Crippen LogP) is 3.37. The number of aryl methyl sites for hydroxylation is 1. The SMILES string of the molecule is Cc1nc(COc2ccc(Cl)cc2Cl)ncc1C(=O)O. The fraction of sp³-hybridized carbons (Fsp3) is 0.154. The summed E-state index contributed by atoms with van der Waals surface area (Å²) in [4.78, 5) is 18.9. The van der Waals surface area contributed by atoms with Gasteiger partial charge in [-0.25, -0.2) is 14.8 Å². The molecule has 1 aromatic heterocycles. The van der Waals surface area contributed by atoms with Crippen LogP contribution in [-0.4, -0.2) is 21.0 Å². The highest BCUT2D eigenvalue weighted by Crippen LogP contribution is 2.27. The summed E-state index contributed by atoms with van der Waals surface area (Å²) in [6.45, 7) is 1.69. The number of nitrogens with zero attached hydrogens (tertiary/aromatic N) is 2. The molecule has 0 aliphatic carbocycles. The molecule has 1 aromatic carbocycles. The van der Waals surface area contributed by atoms with Crippen LogP contribution >= 0.6 is 23.2 Å². The van der Waals surface area contributed by atoms with Crippen LogP contribution in [0.4, 0.5) is 0 Å². The lowest BCUT2D eigenvalue weighted by molar-refractivity contribution is 0.0695. The van der Waals surface area contributed by atoms with Gasteiger partial charge in [0.15, 0.2) is 5.82 Å². The van der Waals surface area contributed by atoms with Gasteiger partial charge in [-0.2, -0.15) is 0 Å². The van der Waals surface area contributed by atoms with Crippen molar-refractivity contribution in [1.82, 2.24) is 9.97 Å². The van der Waals surface area contributed by atoms with Gasteiger partial charge in [-0.3, -0.25) is 0 Å². The number of halogens is 2. The van der Waals surface area contributed by atoms with Gasteiger partial charge in [0.05, 0.1) is 16.3 Å². The van der Waals surface area contributed by atoms with Crippen molar-refractivity contribution >= 4 is 29.2 Å². The van der Waals surface area contributed by atoms with Gasteiger partial charge in [0.1, 0.15) is 12.4 Å². The zero-order valence-electron chi connectivity index (χ0n) is 10.4. The Hall–Kier alpha value is -1.85. The summed E-state index contributed by atoms with van der Waals surface area (Å²) in [6.07, 6.45) is 1.26. The van der Waals surface area contributed by atoms with Gasteiger partial charge in [-0.05, 0) is 25.1 Å². The zero-order valence-corrected chi connectivity index (χ0v) is 11.9. The number of aromatic carboxylic acids is 1. The summed E-state index contributed by atoms with van der Waals surface area (Å²) in [7, 11) is 0. The fourth-order valence-corrected chi connectivity index (χ4v) is 1.99. The van der Waals surface area contributed by atoms with E-state index in [1.54, 1.807) is 25.1 Å². The van der Waals surface area contributed by atoms with E-state index in [4.69, 9.17) is 33.0 Å². The van der Waals surface area contributed by atoms with Crippen LogP contribution in [0.2, 0.25) is 10.0 Å². The first-order valence-corrected chi connectivity index (χ1v) is 6.36. The molecule has 0 aliphatic rings. The lowest BCUT2D eigenvalue weighted by Crippen LogP contribution is -2.08. The average molecular weight is 313 g/mol. The number of hydrogen-bond acceptors (Lipinski definition) is 4. The normalized spacial score (nSPS) is 10.3. The van der Waals surface area contributed by atoms with Crippen molar-refractivity contribution in [3.05, 3.63) is 51.5 Å². The van der Waals surface area contributed by atoms with Crippen molar-refractivity contribution in [2.24, 2.45) is 0 Å². The number of hydrogen-bond donors (Lipinski definition) is 1. The second-order valence-corrected chi connectivity index (χ2v) is 4.80. The molecule has 0 bridgehead atoms. The molecule has 20 heavy (non-hydrogen) atoms. The highest BCUT2D eigenvalue weighted by atomic mass is 35.5. The second-order valence-electron chi connectivity index (χ2n) is 3.95. The molecule has 2 rings (SSSR count). The third-order valence-corrected chi connectivity index (χ3v) is 3.04. The minimum Gasteiger partial charge on any atom is -0.484 e. The van der Waals surface area contributed by atoms with Crippen molar-refractivity contribution in [1.29, 1.82) is 0 Å². The Bertz CT molecular complexity index is 662. The zero-order chi connectivity index (χ0) is 14.7. The van der Waals surface area contributed by atoms with Crippen LogP contribution in [-0.2, 0) is 6.61 Å². The molecule has 1 N–H and O–H groups in total. The molecule has 2 aromatic rings. The summed E-state index contributed by atoms with van der Waals surface area (Å²) in [5.41, 5.74) is 0.451. The Morgan fingerprint density at radius 3 is 2.75 bits per heavy atom. The summed E-state index contributed by atoms with van der Waals surface area (Å²) >= 11 is 11.7. The van der Waals surface area contributed by atoms with Crippen molar-refractivity contribution in [3.8, 4) is 5.75 Å². The molecule has 0 spiro atoms. The van der Waals surface area contributed by atoms with Crippen LogP contribution in [0, 0.1) is 6.92 Å². The van der Waals surface area contributed by atoms with E-state index >= 15 is 0 Å². The molecule has 0 amide bonds. The molecule has 0 saturated heterocycles. The molecule has 0 fully saturated rings. The molecule has 0 saturated carbocycles. The number of ether oxygens (including phenoxy) is 1. The lowest BCUT2D eigenvalue weighted by atomic mass is 10.2. The summed E-state index contributed by atoms with van der Waals surface area (Å²) in [6, 6.07) is 4.86. The molecule has 0 atom stereocenters. The van der Waals surface area contributed by atoms with Crippen LogP contribution in [0.3, 0.4) is 0 Å². The molecule has 0 unspecified atom stereocenters. The Morgan fingerprint density at radius 1 is 1.40 bits per heavy atom. The first-order valence-electron chi connectivity index (χ1n) is 5.61. The monoisotopic (exact) mass is 312 g/mol. The Kier molecular flexibility index (Phi) is 4.42. The fourth-order valence-electron chi connectivity index (χ4n) is 1.53. The summed E-state index contributed by atoms with van der Waals surface area (Å²) in [5.74, 6) is -0.228. The van der Waals surface area contributed by atoms with E-state index in [2.05, 4.69) is 9.97 Å². The number of carboxylic acid groups (broad SMARTS) is 1. The molecule has 7 heteroatoms. The predicted molar refractivity (Wildman–Crippen MR) is 74.5 cm³/mol. The van der Waals surface area contributed by atoms with E-state index in [0.717, 1.165) is 0 Å². The van der Waals surface area contributed by atoms with E-state index in [-0.39, 0.29) is 12.2 Å². The van der Waals surface area contributed by atoms with Gasteiger partial charge in [0.25, 0.3) is 0 Å². The van der Waals surface area contributed by atoms with E-state index in [0.29, 0.717) is 27.3 Å². The average Bonchev–Trinajstić information content (AvgIpc) is 2.37. The number of carbonyl (C=O) groups is 1. The van der Waals surface area contributed by atoms with Crippen LogP contribution in [0.1, 0.15) is 21.9 Å². The first-order chi connectivity index (χ1) is 9.47. The molecule has 0 aliphatic heterocycles. The maximum absolute atomic E-state index is 10.8. The van der Waals surface area contributed by atoms with Crippen molar-refractivity contribution in [3.63, 3.8) is 0 Å². The Balaban J connectivity index is 2.11. The summed E-state index contributed by atoms with van der Waals surface area (Å²) < 4.78 is 5.47. The molecule has 1 heterocycles. The maximum atomic E-state index is 10.8. The van der Waals surface area contributed by atoms with E-state index in [1.807, 2.05) is 0 Å². The molecule has 5 nitrogen and oxygen atoms in total. The topological polar surface area (TPSA) is 72.3 Å². The van der Waals surface area contributed by atoms with Gasteiger partial charge < -0.3 is 9.84 Å². The molecule has 0 radical (unpaired) electrons. The maximum Gasteiger partial charge on any atom is 0.339 e. The van der Waals surface area contributed by atoms with E-state index in [9.17, 15) is 4.79 Å². The molecule has 104 valence electrons. The number of carboxylic acids is 1. The van der Waals surface area contributed by atoms with Gasteiger partial charge in [-0.15, -0.1) is 0 Å². The van der Waals surface area contributed by atoms with Gasteiger partial charge in [0.2, 0.25) is 0 Å². The third kappa shape index (κ3) is 3.37. The number of rotatable bonds is 4. The van der Waals surface area contributed by atoms with Crippen molar-refractivity contribution < 1.29 is 14.6 Å². The minimum absolute atomic E-state index is 0.0678. The van der Waals surface area contributed by atoms with Crippen molar-refractivity contribution in [2.45, 2.75) is 13.5 Å². The Labute approximate surface area is 125 Å². The van der Waals surface area contributed by atoms with E-state index in [1.165, 1.54) is 6.20 Å². The lowest BCUT2D eigenvalue weighted by Gasteiger charge is -2.08. The van der Waals surface area contributed by atoms with Gasteiger partial charge in [0, 0.05) is 11.2 Å². The molecular weight excluding hydrogens is 303 g/mol. The van der Waals surface area contributed by atoms with Crippen LogP contribution < -0.4 is 4.74 Å². The largest absolute Gasteiger partial charge is 0.484 e. The summed E-state index contributed by atoms with van der Waals surface area (Å²) in [5, 5.41) is 9.79. The standard InChI is InChI=1S/C13H10Cl2N2O3/c1-7-9(13(18)19)5-16-12(17-7)6-20-11-3-2-8(14)4-10(11)15/h2-5H,6H2,1H3,(H,18,19). The number of aromatic nitrogens is 2. The first kappa shape index (κ1) is 14.6. The Morgan fingerprint density at radius 2 is 2.15 bits per heavy atom. The van der Waals surface area contributed by atoms with Crippen LogP contribution in [0.15, 0.2) is 24.4 Å².